The van der Waals surface area contributed by atoms with Crippen LogP contribution in [0.2, 0.25) is 0 Å². The predicted octanol–water partition coefficient (Wildman–Crippen LogP) is 2.53. The number of aromatic nitrogens is 1. The van der Waals surface area contributed by atoms with E-state index in [1.807, 2.05) is 0 Å². The molecular formula is C14H17NO4S. The lowest BCUT2D eigenvalue weighted by atomic mass is 10.2. The van der Waals surface area contributed by atoms with Crippen molar-refractivity contribution in [2.24, 2.45) is 0 Å². The summed E-state index contributed by atoms with van der Waals surface area (Å²) >= 11 is 0. The standard InChI is InChI=1S/C14H17NO4S/c1-4-20(17,18)10-5-6-13-11(7-10)12(8-15-13)14(16)19-9(2)3/h5-9,15H,4H2,1-3H3. The zero-order valence-electron chi connectivity index (χ0n) is 11.6. The number of H-pyrrole nitrogens is 1. The summed E-state index contributed by atoms with van der Waals surface area (Å²) in [6, 6.07) is 4.71. The molecule has 0 atom stereocenters. The number of benzene rings is 1. The highest BCUT2D eigenvalue weighted by molar-refractivity contribution is 7.91. The smallest absolute Gasteiger partial charge is 0.340 e. The summed E-state index contributed by atoms with van der Waals surface area (Å²) < 4.78 is 28.9. The molecule has 1 N–H and O–H groups in total. The van der Waals surface area contributed by atoms with E-state index in [0.29, 0.717) is 16.5 Å². The molecule has 5 nitrogen and oxygen atoms in total. The Hall–Kier alpha value is -1.82. The van der Waals surface area contributed by atoms with E-state index in [1.54, 1.807) is 26.8 Å². The van der Waals surface area contributed by atoms with Gasteiger partial charge in [0.1, 0.15) is 0 Å². The summed E-state index contributed by atoms with van der Waals surface area (Å²) in [5.41, 5.74) is 1.05. The SMILES string of the molecule is CCS(=O)(=O)c1ccc2[nH]cc(C(=O)OC(C)C)c2c1. The largest absolute Gasteiger partial charge is 0.459 e. The predicted molar refractivity (Wildman–Crippen MR) is 76.6 cm³/mol. The van der Waals surface area contributed by atoms with Crippen LogP contribution in [-0.4, -0.2) is 31.2 Å². The van der Waals surface area contributed by atoms with Crippen molar-refractivity contribution in [2.45, 2.75) is 31.8 Å². The summed E-state index contributed by atoms with van der Waals surface area (Å²) in [7, 11) is -3.30. The van der Waals surface area contributed by atoms with Crippen molar-refractivity contribution in [1.29, 1.82) is 0 Å². The van der Waals surface area contributed by atoms with Gasteiger partial charge >= 0.3 is 5.97 Å². The average Bonchev–Trinajstić information content (AvgIpc) is 2.80. The van der Waals surface area contributed by atoms with Crippen LogP contribution in [0.5, 0.6) is 0 Å². The first-order valence-electron chi connectivity index (χ1n) is 6.40. The number of hydrogen-bond donors (Lipinski definition) is 1. The highest BCUT2D eigenvalue weighted by Crippen LogP contribution is 2.23. The van der Waals surface area contributed by atoms with Gasteiger partial charge in [0, 0.05) is 17.1 Å². The zero-order valence-corrected chi connectivity index (χ0v) is 12.5. The number of ether oxygens (including phenoxy) is 1. The fourth-order valence-electron chi connectivity index (χ4n) is 1.91. The normalized spacial score (nSPS) is 12.0. The molecule has 6 heteroatoms. The van der Waals surface area contributed by atoms with Gasteiger partial charge in [0.2, 0.25) is 0 Å². The second-order valence-corrected chi connectivity index (χ2v) is 7.05. The number of carbonyl (C=O) groups excluding carboxylic acids is 1. The molecule has 1 aromatic carbocycles. The van der Waals surface area contributed by atoms with E-state index in [2.05, 4.69) is 4.98 Å². The maximum absolute atomic E-state index is 12.0. The molecule has 0 unspecified atom stereocenters. The molecule has 1 heterocycles. The Bertz CT molecular complexity index is 744. The number of nitrogens with one attached hydrogen (secondary N) is 1. The van der Waals surface area contributed by atoms with E-state index in [-0.39, 0.29) is 16.8 Å². The van der Waals surface area contributed by atoms with Gasteiger partial charge in [-0.3, -0.25) is 0 Å². The fraction of sp³-hybridized carbons (Fsp3) is 0.357. The molecule has 0 aliphatic carbocycles. The highest BCUT2D eigenvalue weighted by atomic mass is 32.2. The van der Waals surface area contributed by atoms with E-state index < -0.39 is 15.8 Å². The molecule has 2 rings (SSSR count). The molecule has 0 spiro atoms. The van der Waals surface area contributed by atoms with Crippen molar-refractivity contribution in [3.63, 3.8) is 0 Å². The van der Waals surface area contributed by atoms with E-state index >= 15 is 0 Å². The van der Waals surface area contributed by atoms with E-state index in [1.165, 1.54) is 18.3 Å². The van der Waals surface area contributed by atoms with Crippen molar-refractivity contribution in [2.75, 3.05) is 5.75 Å². The summed E-state index contributed by atoms with van der Waals surface area (Å²) in [4.78, 5) is 15.1. The molecule has 0 aliphatic rings. The molecule has 0 amide bonds. The Labute approximate surface area is 117 Å². The Morgan fingerprint density at radius 1 is 1.35 bits per heavy atom. The van der Waals surface area contributed by atoms with Crippen molar-refractivity contribution < 1.29 is 17.9 Å². The lowest BCUT2D eigenvalue weighted by Crippen LogP contribution is -2.11. The van der Waals surface area contributed by atoms with Crippen molar-refractivity contribution in [1.82, 2.24) is 4.98 Å². The van der Waals surface area contributed by atoms with Gasteiger partial charge < -0.3 is 9.72 Å². The maximum atomic E-state index is 12.0. The van der Waals surface area contributed by atoms with Gasteiger partial charge in [0.15, 0.2) is 9.84 Å². The van der Waals surface area contributed by atoms with E-state index in [0.717, 1.165) is 0 Å². The third-order valence-corrected chi connectivity index (χ3v) is 4.69. The third kappa shape index (κ3) is 2.70. The number of aromatic amines is 1. The first-order valence-corrected chi connectivity index (χ1v) is 8.05. The lowest BCUT2D eigenvalue weighted by molar-refractivity contribution is 0.0380. The van der Waals surface area contributed by atoms with E-state index in [4.69, 9.17) is 4.74 Å². The minimum absolute atomic E-state index is 0.0225. The average molecular weight is 295 g/mol. The lowest BCUT2D eigenvalue weighted by Gasteiger charge is -2.07. The topological polar surface area (TPSA) is 76.2 Å². The number of sulfone groups is 1. The molecule has 0 saturated heterocycles. The van der Waals surface area contributed by atoms with E-state index in [9.17, 15) is 13.2 Å². The monoisotopic (exact) mass is 295 g/mol. The minimum Gasteiger partial charge on any atom is -0.459 e. The minimum atomic E-state index is -3.30. The molecule has 0 saturated carbocycles. The van der Waals surface area contributed by atoms with Crippen LogP contribution in [0.25, 0.3) is 10.9 Å². The Balaban J connectivity index is 2.54. The second kappa shape index (κ2) is 5.28. The number of carbonyl (C=O) groups is 1. The zero-order chi connectivity index (χ0) is 14.9. The Kier molecular flexibility index (Phi) is 3.85. The van der Waals surface area contributed by atoms with Crippen LogP contribution in [0.3, 0.4) is 0 Å². The molecule has 0 radical (unpaired) electrons. The summed E-state index contributed by atoms with van der Waals surface area (Å²) in [5, 5.41) is 0.560. The summed E-state index contributed by atoms with van der Waals surface area (Å²) in [6.45, 7) is 5.12. The van der Waals surface area contributed by atoms with Gasteiger partial charge in [-0.25, -0.2) is 13.2 Å². The van der Waals surface area contributed by atoms with Crippen LogP contribution in [0.1, 0.15) is 31.1 Å². The van der Waals surface area contributed by atoms with Crippen LogP contribution >= 0.6 is 0 Å². The third-order valence-electron chi connectivity index (χ3n) is 2.96. The Morgan fingerprint density at radius 3 is 2.65 bits per heavy atom. The summed E-state index contributed by atoms with van der Waals surface area (Å²) in [5.74, 6) is -0.438. The quantitative estimate of drug-likeness (QED) is 0.879. The molecule has 2 aromatic rings. The van der Waals surface area contributed by atoms with Crippen LogP contribution in [-0.2, 0) is 14.6 Å². The van der Waals surface area contributed by atoms with Crippen LogP contribution in [0.4, 0.5) is 0 Å². The number of hydrogen-bond acceptors (Lipinski definition) is 4. The number of rotatable bonds is 4. The fourth-order valence-corrected chi connectivity index (χ4v) is 2.81. The van der Waals surface area contributed by atoms with Crippen LogP contribution in [0.15, 0.2) is 29.3 Å². The molecule has 1 aromatic heterocycles. The molecule has 0 bridgehead atoms. The Morgan fingerprint density at radius 2 is 2.05 bits per heavy atom. The second-order valence-electron chi connectivity index (χ2n) is 4.77. The highest BCUT2D eigenvalue weighted by Gasteiger charge is 2.18. The first-order chi connectivity index (χ1) is 9.35. The number of fused-ring (bicyclic) bond motifs is 1. The van der Waals surface area contributed by atoms with Gasteiger partial charge in [0.05, 0.1) is 22.3 Å². The molecule has 108 valence electrons. The molecule has 0 aliphatic heterocycles. The van der Waals surface area contributed by atoms with Crippen molar-refractivity contribution in [3.8, 4) is 0 Å². The molecule has 20 heavy (non-hydrogen) atoms. The van der Waals surface area contributed by atoms with Gasteiger partial charge in [-0.2, -0.15) is 0 Å². The van der Waals surface area contributed by atoms with Crippen LogP contribution in [0, 0.1) is 0 Å². The van der Waals surface area contributed by atoms with Gasteiger partial charge in [0.25, 0.3) is 0 Å². The molecular weight excluding hydrogens is 278 g/mol. The van der Waals surface area contributed by atoms with Gasteiger partial charge in [-0.15, -0.1) is 0 Å². The van der Waals surface area contributed by atoms with Crippen molar-refractivity contribution in [3.05, 3.63) is 30.0 Å². The molecule has 0 fully saturated rings. The summed E-state index contributed by atoms with van der Waals surface area (Å²) in [6.07, 6.45) is 1.31. The van der Waals surface area contributed by atoms with Gasteiger partial charge in [-0.1, -0.05) is 6.92 Å². The maximum Gasteiger partial charge on any atom is 0.340 e. The number of esters is 1. The van der Waals surface area contributed by atoms with Crippen LogP contribution < -0.4 is 0 Å². The first kappa shape index (κ1) is 14.6. The van der Waals surface area contributed by atoms with Gasteiger partial charge in [-0.05, 0) is 32.0 Å². The van der Waals surface area contributed by atoms with Crippen molar-refractivity contribution >= 4 is 26.7 Å².